The van der Waals surface area contributed by atoms with E-state index >= 15 is 0 Å². The van der Waals surface area contributed by atoms with Crippen molar-refractivity contribution in [3.63, 3.8) is 0 Å². The van der Waals surface area contributed by atoms with Gasteiger partial charge in [0.15, 0.2) is 0 Å². The maximum absolute atomic E-state index is 13.3. The van der Waals surface area contributed by atoms with E-state index in [9.17, 15) is 14.4 Å². The summed E-state index contributed by atoms with van der Waals surface area (Å²) in [6.45, 7) is 3.69. The number of carbonyl (C=O) groups is 3. The number of fused-ring (bicyclic) bond motifs is 1. The van der Waals surface area contributed by atoms with E-state index in [1.54, 1.807) is 6.07 Å². The molecule has 3 aromatic rings. The van der Waals surface area contributed by atoms with Crippen LogP contribution in [0.4, 0.5) is 0 Å². The zero-order valence-corrected chi connectivity index (χ0v) is 22.5. The van der Waals surface area contributed by atoms with Gasteiger partial charge in [-0.05, 0) is 77.1 Å². The van der Waals surface area contributed by atoms with E-state index in [2.05, 4.69) is 36.5 Å². The Morgan fingerprint density at radius 3 is 2.54 bits per heavy atom. The molecule has 0 unspecified atom stereocenters. The fourth-order valence-electron chi connectivity index (χ4n) is 5.93. The summed E-state index contributed by atoms with van der Waals surface area (Å²) in [5, 5.41) is 3.18. The summed E-state index contributed by atoms with van der Waals surface area (Å²) >= 11 is 0. The highest BCUT2D eigenvalue weighted by Crippen LogP contribution is 2.48. The van der Waals surface area contributed by atoms with Gasteiger partial charge in [-0.25, -0.2) is 4.79 Å². The first-order valence-electron chi connectivity index (χ1n) is 13.8. The third-order valence-electron chi connectivity index (χ3n) is 8.72. The molecule has 1 N–H and O–H groups in total. The van der Waals surface area contributed by atoms with Gasteiger partial charge in [0, 0.05) is 31.0 Å². The number of ether oxygens (including phenoxy) is 1. The van der Waals surface area contributed by atoms with E-state index in [-0.39, 0.29) is 35.0 Å². The molecule has 1 heterocycles. The van der Waals surface area contributed by atoms with Crippen molar-refractivity contribution >= 4 is 17.8 Å². The molecule has 6 heteroatoms. The van der Waals surface area contributed by atoms with Crippen LogP contribution in [0.1, 0.15) is 64.7 Å². The average Bonchev–Trinajstić information content (AvgIpc) is 3.92. The van der Waals surface area contributed by atoms with Crippen molar-refractivity contribution in [1.29, 1.82) is 0 Å². The van der Waals surface area contributed by atoms with E-state index < -0.39 is 0 Å². The van der Waals surface area contributed by atoms with Crippen molar-refractivity contribution in [1.82, 2.24) is 10.2 Å². The van der Waals surface area contributed by atoms with Crippen LogP contribution in [0.3, 0.4) is 0 Å². The molecule has 2 atom stereocenters. The third-order valence-corrected chi connectivity index (χ3v) is 8.72. The summed E-state index contributed by atoms with van der Waals surface area (Å²) in [5.41, 5.74) is 6.84. The number of rotatable bonds is 7. The van der Waals surface area contributed by atoms with Crippen molar-refractivity contribution in [2.75, 3.05) is 13.7 Å². The molecule has 0 bridgehead atoms. The van der Waals surface area contributed by atoms with Crippen LogP contribution in [0.5, 0.6) is 0 Å². The molecule has 3 aromatic carbocycles. The van der Waals surface area contributed by atoms with Gasteiger partial charge in [0.25, 0.3) is 0 Å². The molecule has 200 valence electrons. The Bertz CT molecular complexity index is 1440. The van der Waals surface area contributed by atoms with Crippen molar-refractivity contribution < 1.29 is 19.1 Å². The summed E-state index contributed by atoms with van der Waals surface area (Å²) in [5.74, 6) is 0.244. The van der Waals surface area contributed by atoms with Crippen molar-refractivity contribution in [2.24, 2.45) is 11.3 Å². The first kappa shape index (κ1) is 25.4. The van der Waals surface area contributed by atoms with Gasteiger partial charge >= 0.3 is 5.97 Å². The average molecular weight is 523 g/mol. The molecule has 2 amide bonds. The highest BCUT2D eigenvalue weighted by Gasteiger charge is 2.48. The quantitative estimate of drug-likeness (QED) is 0.431. The van der Waals surface area contributed by atoms with Crippen LogP contribution < -0.4 is 5.32 Å². The van der Waals surface area contributed by atoms with Gasteiger partial charge in [0.2, 0.25) is 11.8 Å². The molecule has 6 nitrogen and oxygen atoms in total. The number of hydrogen-bond donors (Lipinski definition) is 1. The first-order valence-corrected chi connectivity index (χ1v) is 13.8. The van der Waals surface area contributed by atoms with Crippen LogP contribution in [0.15, 0.2) is 66.7 Å². The predicted octanol–water partition coefficient (Wildman–Crippen LogP) is 5.24. The number of amides is 2. The maximum Gasteiger partial charge on any atom is 0.337 e. The van der Waals surface area contributed by atoms with E-state index in [1.807, 2.05) is 41.3 Å². The smallest absolute Gasteiger partial charge is 0.337 e. The van der Waals surface area contributed by atoms with Gasteiger partial charge in [-0.15, -0.1) is 0 Å². The number of hydrogen-bond acceptors (Lipinski definition) is 4. The second-order valence-electron chi connectivity index (χ2n) is 11.4. The van der Waals surface area contributed by atoms with Gasteiger partial charge in [0.1, 0.15) is 0 Å². The SMILES string of the molecule is COC(=O)c1cccc(-c2ccc(CNC(=O)[C@@H]3C[C@H]3c3ccccc3)c3c2CCN(C(=O)C2(C)CC2)C3)c1. The van der Waals surface area contributed by atoms with Gasteiger partial charge < -0.3 is 15.0 Å². The Morgan fingerprint density at radius 2 is 1.79 bits per heavy atom. The minimum absolute atomic E-state index is 0.0106. The van der Waals surface area contributed by atoms with Crippen LogP contribution in [-0.2, 0) is 33.8 Å². The Hall–Kier alpha value is -3.93. The monoisotopic (exact) mass is 522 g/mol. The van der Waals surface area contributed by atoms with E-state index in [0.717, 1.165) is 47.9 Å². The summed E-state index contributed by atoms with van der Waals surface area (Å²) in [6, 6.07) is 21.9. The topological polar surface area (TPSA) is 75.7 Å². The number of methoxy groups -OCH3 is 1. The van der Waals surface area contributed by atoms with E-state index in [4.69, 9.17) is 4.74 Å². The van der Waals surface area contributed by atoms with Crippen LogP contribution in [-0.4, -0.2) is 36.3 Å². The fourth-order valence-corrected chi connectivity index (χ4v) is 5.93. The molecule has 39 heavy (non-hydrogen) atoms. The maximum atomic E-state index is 13.3. The number of nitrogens with one attached hydrogen (secondary N) is 1. The molecule has 0 radical (unpaired) electrons. The number of esters is 1. The summed E-state index contributed by atoms with van der Waals surface area (Å²) < 4.78 is 4.93. The zero-order chi connectivity index (χ0) is 27.1. The number of nitrogens with zero attached hydrogens (tertiary/aromatic N) is 1. The fraction of sp³-hybridized carbons (Fsp3) is 0.364. The first-order chi connectivity index (χ1) is 18.9. The summed E-state index contributed by atoms with van der Waals surface area (Å²) in [6.07, 6.45) is 3.50. The molecule has 0 spiro atoms. The molecule has 3 aliphatic rings. The van der Waals surface area contributed by atoms with Gasteiger partial charge in [-0.2, -0.15) is 0 Å². The highest BCUT2D eigenvalue weighted by molar-refractivity contribution is 5.91. The minimum atomic E-state index is -0.367. The second kappa shape index (κ2) is 9.99. The van der Waals surface area contributed by atoms with Crippen LogP contribution >= 0.6 is 0 Å². The molecule has 0 saturated heterocycles. The largest absolute Gasteiger partial charge is 0.465 e. The van der Waals surface area contributed by atoms with Crippen LogP contribution in [0, 0.1) is 11.3 Å². The van der Waals surface area contributed by atoms with Gasteiger partial charge in [0.05, 0.1) is 12.7 Å². The molecule has 2 fully saturated rings. The van der Waals surface area contributed by atoms with E-state index in [1.165, 1.54) is 18.2 Å². The Balaban J connectivity index is 1.27. The second-order valence-corrected chi connectivity index (χ2v) is 11.4. The van der Waals surface area contributed by atoms with Crippen molar-refractivity contribution in [3.05, 3.63) is 94.5 Å². The van der Waals surface area contributed by atoms with Gasteiger partial charge in [-0.1, -0.05) is 61.5 Å². The van der Waals surface area contributed by atoms with Crippen molar-refractivity contribution in [3.8, 4) is 11.1 Å². The molecule has 2 aliphatic carbocycles. The molecule has 1 aliphatic heterocycles. The Morgan fingerprint density at radius 1 is 1.00 bits per heavy atom. The zero-order valence-electron chi connectivity index (χ0n) is 22.5. The number of carbonyl (C=O) groups excluding carboxylic acids is 3. The lowest BCUT2D eigenvalue weighted by molar-refractivity contribution is -0.137. The standard InChI is InChI=1S/C33H34N2O4/c1-33(14-15-33)32(38)35-16-13-26-25(22-9-6-10-23(17-22)31(37)39-2)12-11-24(29(26)20-35)19-34-30(36)28-18-27(28)21-7-4-3-5-8-21/h3-12,17,27-28H,13-16,18-20H2,1-2H3,(H,34,36)/t27-,28+/m0/s1. The summed E-state index contributed by atoms with van der Waals surface area (Å²) in [4.78, 5) is 40.5. The minimum Gasteiger partial charge on any atom is -0.465 e. The molecular weight excluding hydrogens is 488 g/mol. The van der Waals surface area contributed by atoms with Crippen LogP contribution in [0.25, 0.3) is 11.1 Å². The predicted molar refractivity (Wildman–Crippen MR) is 149 cm³/mol. The third kappa shape index (κ3) is 4.96. The number of benzene rings is 3. The summed E-state index contributed by atoms with van der Waals surface area (Å²) in [7, 11) is 1.38. The van der Waals surface area contributed by atoms with Crippen molar-refractivity contribution in [2.45, 2.75) is 51.6 Å². The van der Waals surface area contributed by atoms with Gasteiger partial charge in [-0.3, -0.25) is 9.59 Å². The Kier molecular flexibility index (Phi) is 6.49. The normalized spacial score (nSPS) is 20.5. The molecule has 2 saturated carbocycles. The molecule has 6 rings (SSSR count). The van der Waals surface area contributed by atoms with Crippen LogP contribution in [0.2, 0.25) is 0 Å². The molecular formula is C33H34N2O4. The Labute approximate surface area is 229 Å². The highest BCUT2D eigenvalue weighted by atomic mass is 16.5. The van der Waals surface area contributed by atoms with E-state index in [0.29, 0.717) is 25.2 Å². The lowest BCUT2D eigenvalue weighted by Crippen LogP contribution is -2.40. The lowest BCUT2D eigenvalue weighted by Gasteiger charge is -2.33. The lowest BCUT2D eigenvalue weighted by atomic mass is 9.86. The molecule has 0 aromatic heterocycles.